The van der Waals surface area contributed by atoms with Gasteiger partial charge in [-0.05, 0) is 44.2 Å². The third kappa shape index (κ3) is 5.20. The number of amides is 2. The van der Waals surface area contributed by atoms with Crippen LogP contribution >= 0.6 is 0 Å². The molecule has 0 bridgehead atoms. The molecule has 0 radical (unpaired) electrons. The van der Waals surface area contributed by atoms with E-state index >= 15 is 0 Å². The lowest BCUT2D eigenvalue weighted by Gasteiger charge is -2.32. The average molecular weight is 315 g/mol. The van der Waals surface area contributed by atoms with Crippen LogP contribution in [0.2, 0.25) is 0 Å². The molecule has 1 aliphatic heterocycles. The van der Waals surface area contributed by atoms with E-state index in [1.54, 1.807) is 30.6 Å². The maximum Gasteiger partial charge on any atom is 0.255 e. The van der Waals surface area contributed by atoms with E-state index in [0.717, 1.165) is 37.9 Å². The molecule has 124 valence electrons. The Balaban J connectivity index is 1.76. The largest absolute Gasteiger partial charge is 0.352 e. The van der Waals surface area contributed by atoms with Crippen molar-refractivity contribution in [3.05, 3.63) is 41.7 Å². The normalized spacial score (nSPS) is 16.3. The van der Waals surface area contributed by atoms with E-state index in [4.69, 9.17) is 0 Å². The number of pyridine rings is 1. The van der Waals surface area contributed by atoms with E-state index in [0.29, 0.717) is 18.0 Å². The van der Waals surface area contributed by atoms with E-state index in [9.17, 15) is 9.59 Å². The van der Waals surface area contributed by atoms with Gasteiger partial charge in [-0.15, -0.1) is 0 Å². The molecule has 5 nitrogen and oxygen atoms in total. The number of hydrogen-bond acceptors (Lipinski definition) is 3. The number of allylic oxidation sites excluding steroid dienone is 1. The molecule has 0 aliphatic carbocycles. The summed E-state index contributed by atoms with van der Waals surface area (Å²) >= 11 is 0. The van der Waals surface area contributed by atoms with Crippen LogP contribution in [0.25, 0.3) is 0 Å². The summed E-state index contributed by atoms with van der Waals surface area (Å²) in [6.45, 7) is 6.15. The number of aromatic nitrogens is 1. The van der Waals surface area contributed by atoms with Crippen LogP contribution in [-0.2, 0) is 4.79 Å². The summed E-state index contributed by atoms with van der Waals surface area (Å²) in [4.78, 5) is 30.0. The molecule has 1 aromatic heterocycles. The molecule has 2 heterocycles. The Morgan fingerprint density at radius 3 is 2.74 bits per heavy atom. The van der Waals surface area contributed by atoms with Gasteiger partial charge in [0.25, 0.3) is 5.91 Å². The monoisotopic (exact) mass is 315 g/mol. The van der Waals surface area contributed by atoms with E-state index in [1.807, 2.05) is 18.7 Å². The first-order valence-electron chi connectivity index (χ1n) is 8.24. The first-order valence-corrected chi connectivity index (χ1v) is 8.24. The molecule has 1 N–H and O–H groups in total. The molecular formula is C18H25N3O2. The van der Waals surface area contributed by atoms with Crippen molar-refractivity contribution in [1.82, 2.24) is 15.2 Å². The molecule has 1 fully saturated rings. The van der Waals surface area contributed by atoms with Gasteiger partial charge in [-0.3, -0.25) is 14.6 Å². The Labute approximate surface area is 137 Å². The summed E-state index contributed by atoms with van der Waals surface area (Å²) in [5.74, 6) is 0.465. The first kappa shape index (κ1) is 17.2. The fourth-order valence-electron chi connectivity index (χ4n) is 2.63. The Morgan fingerprint density at radius 1 is 1.39 bits per heavy atom. The van der Waals surface area contributed by atoms with Crippen molar-refractivity contribution >= 4 is 11.8 Å². The molecule has 0 atom stereocenters. The second kappa shape index (κ2) is 8.46. The number of hydrogen-bond donors (Lipinski definition) is 1. The molecule has 0 saturated carbocycles. The lowest BCUT2D eigenvalue weighted by atomic mass is 9.96. The topological polar surface area (TPSA) is 62.3 Å². The minimum Gasteiger partial charge on any atom is -0.352 e. The predicted molar refractivity (Wildman–Crippen MR) is 89.9 cm³/mol. The van der Waals surface area contributed by atoms with Crippen LogP contribution in [0, 0.1) is 5.92 Å². The number of likely N-dealkylation sites (tertiary alicyclic amines) is 1. The second-order valence-corrected chi connectivity index (χ2v) is 6.07. The van der Waals surface area contributed by atoms with Crippen molar-refractivity contribution in [3.63, 3.8) is 0 Å². The summed E-state index contributed by atoms with van der Waals surface area (Å²) in [5.41, 5.74) is 1.72. The van der Waals surface area contributed by atoms with Gasteiger partial charge in [0, 0.05) is 38.1 Å². The molecule has 0 spiro atoms. The zero-order valence-electron chi connectivity index (χ0n) is 13.9. The van der Waals surface area contributed by atoms with E-state index < -0.39 is 0 Å². The highest BCUT2D eigenvalue weighted by Crippen LogP contribution is 2.18. The van der Waals surface area contributed by atoms with Gasteiger partial charge < -0.3 is 10.2 Å². The lowest BCUT2D eigenvalue weighted by molar-refractivity contribution is -0.116. The number of rotatable bonds is 5. The van der Waals surface area contributed by atoms with E-state index in [2.05, 4.69) is 10.3 Å². The Bertz CT molecular complexity index is 561. The molecule has 5 heteroatoms. The highest BCUT2D eigenvalue weighted by Gasteiger charge is 2.23. The van der Waals surface area contributed by atoms with E-state index in [-0.39, 0.29) is 11.8 Å². The zero-order chi connectivity index (χ0) is 16.7. The minimum absolute atomic E-state index is 0.0155. The van der Waals surface area contributed by atoms with Gasteiger partial charge in [-0.25, -0.2) is 0 Å². The van der Waals surface area contributed by atoms with Crippen LogP contribution in [0.1, 0.15) is 43.5 Å². The van der Waals surface area contributed by atoms with Crippen LogP contribution in [0.5, 0.6) is 0 Å². The lowest BCUT2D eigenvalue weighted by Crippen LogP contribution is -2.41. The number of carbonyl (C=O) groups is 2. The third-order valence-corrected chi connectivity index (χ3v) is 4.31. The molecule has 2 amide bonds. The highest BCUT2D eigenvalue weighted by atomic mass is 16.2. The van der Waals surface area contributed by atoms with Gasteiger partial charge in [0.1, 0.15) is 0 Å². The standard InChI is InChI=1S/C18H25N3O2/c1-3-14(2)11-17(22)20-12-15-6-9-21(10-7-15)18(23)16-5-4-8-19-13-16/h4-5,8,11,13,15H,3,6-7,9-10,12H2,1-2H3,(H,20,22)/b14-11+. The van der Waals surface area contributed by atoms with Gasteiger partial charge in [0.05, 0.1) is 5.56 Å². The van der Waals surface area contributed by atoms with Gasteiger partial charge >= 0.3 is 0 Å². The average Bonchev–Trinajstić information content (AvgIpc) is 2.60. The molecule has 1 aliphatic rings. The molecule has 1 saturated heterocycles. The molecule has 2 rings (SSSR count). The summed E-state index contributed by atoms with van der Waals surface area (Å²) in [6, 6.07) is 3.57. The summed E-state index contributed by atoms with van der Waals surface area (Å²) in [7, 11) is 0. The summed E-state index contributed by atoms with van der Waals surface area (Å²) in [6.07, 6.45) is 7.67. The molecule has 0 unspecified atom stereocenters. The predicted octanol–water partition coefficient (Wildman–Crippen LogP) is 2.41. The van der Waals surface area contributed by atoms with E-state index in [1.165, 1.54) is 0 Å². The third-order valence-electron chi connectivity index (χ3n) is 4.31. The minimum atomic E-state index is -0.0155. The Hall–Kier alpha value is -2.17. The van der Waals surface area contributed by atoms with Crippen LogP contribution in [0.3, 0.4) is 0 Å². The summed E-state index contributed by atoms with van der Waals surface area (Å²) < 4.78 is 0. The van der Waals surface area contributed by atoms with Crippen molar-refractivity contribution in [2.75, 3.05) is 19.6 Å². The quantitative estimate of drug-likeness (QED) is 0.849. The smallest absolute Gasteiger partial charge is 0.255 e. The van der Waals surface area contributed by atoms with Crippen molar-refractivity contribution < 1.29 is 9.59 Å². The van der Waals surface area contributed by atoms with Crippen LogP contribution < -0.4 is 5.32 Å². The Morgan fingerprint density at radius 2 is 2.13 bits per heavy atom. The first-order chi connectivity index (χ1) is 11.1. The van der Waals surface area contributed by atoms with Gasteiger partial charge in [0.2, 0.25) is 5.91 Å². The zero-order valence-corrected chi connectivity index (χ0v) is 13.9. The van der Waals surface area contributed by atoms with Crippen LogP contribution in [0.15, 0.2) is 36.2 Å². The number of piperidine rings is 1. The van der Waals surface area contributed by atoms with Crippen LogP contribution in [-0.4, -0.2) is 41.3 Å². The van der Waals surface area contributed by atoms with Gasteiger partial charge in [-0.1, -0.05) is 12.5 Å². The number of nitrogens with zero attached hydrogens (tertiary/aromatic N) is 2. The summed E-state index contributed by atoms with van der Waals surface area (Å²) in [5, 5.41) is 2.96. The highest BCUT2D eigenvalue weighted by molar-refractivity contribution is 5.93. The maximum absolute atomic E-state index is 12.3. The fraction of sp³-hybridized carbons (Fsp3) is 0.500. The molecule has 23 heavy (non-hydrogen) atoms. The van der Waals surface area contributed by atoms with Crippen molar-refractivity contribution in [2.24, 2.45) is 5.92 Å². The number of nitrogens with one attached hydrogen (secondary N) is 1. The van der Waals surface area contributed by atoms with Gasteiger partial charge in [-0.2, -0.15) is 0 Å². The van der Waals surface area contributed by atoms with Crippen molar-refractivity contribution in [3.8, 4) is 0 Å². The molecule has 1 aromatic rings. The Kier molecular flexibility index (Phi) is 6.32. The molecular weight excluding hydrogens is 290 g/mol. The van der Waals surface area contributed by atoms with Crippen LogP contribution in [0.4, 0.5) is 0 Å². The van der Waals surface area contributed by atoms with Crippen molar-refractivity contribution in [2.45, 2.75) is 33.1 Å². The molecule has 0 aromatic carbocycles. The maximum atomic E-state index is 12.3. The van der Waals surface area contributed by atoms with Crippen molar-refractivity contribution in [1.29, 1.82) is 0 Å². The second-order valence-electron chi connectivity index (χ2n) is 6.07. The number of carbonyl (C=O) groups excluding carboxylic acids is 2. The van der Waals surface area contributed by atoms with Gasteiger partial charge in [0.15, 0.2) is 0 Å². The SMILES string of the molecule is CC/C(C)=C/C(=O)NCC1CCN(C(=O)c2cccnc2)CC1. The fourth-order valence-corrected chi connectivity index (χ4v) is 2.63.